The van der Waals surface area contributed by atoms with Gasteiger partial charge in [0.1, 0.15) is 12.4 Å². The molecule has 3 saturated carbocycles. The van der Waals surface area contributed by atoms with Gasteiger partial charge in [-0.2, -0.15) is 0 Å². The van der Waals surface area contributed by atoms with Gasteiger partial charge in [0.25, 0.3) is 0 Å². The molecule has 0 radical (unpaired) electrons. The van der Waals surface area contributed by atoms with Crippen molar-refractivity contribution >= 4 is 12.3 Å². The predicted octanol–water partition coefficient (Wildman–Crippen LogP) is 18.0. The predicted molar refractivity (Wildman–Crippen MR) is 301 cm³/mol. The van der Waals surface area contributed by atoms with E-state index in [-0.39, 0.29) is 12.1 Å². The molecule has 0 aromatic heterocycles. The second-order valence-electron chi connectivity index (χ2n) is 23.1. The summed E-state index contributed by atoms with van der Waals surface area (Å²) in [6.07, 6.45) is 45.5. The van der Waals surface area contributed by atoms with Crippen LogP contribution in [0.15, 0.2) is 11.6 Å². The van der Waals surface area contributed by atoms with Gasteiger partial charge in [-0.25, -0.2) is 0 Å². The number of allylic oxidation sites excluding steroid dienone is 1. The van der Waals surface area contributed by atoms with Crippen LogP contribution >= 0.6 is 0 Å². The molecule has 0 bridgehead atoms. The van der Waals surface area contributed by atoms with Crippen LogP contribution in [-0.2, 0) is 19.1 Å². The van der Waals surface area contributed by atoms with E-state index in [0.717, 1.165) is 119 Å². The maximum absolute atomic E-state index is 12.7. The van der Waals surface area contributed by atoms with E-state index in [9.17, 15) is 9.59 Å². The quantitative estimate of drug-likeness (QED) is 0.0285. The van der Waals surface area contributed by atoms with Crippen LogP contribution in [0.4, 0.5) is 0 Å². The maximum Gasteiger partial charge on any atom is 0.306 e. The Balaban J connectivity index is 0.000000761. The van der Waals surface area contributed by atoms with E-state index < -0.39 is 0 Å². The van der Waals surface area contributed by atoms with Crippen LogP contribution in [0.5, 0.6) is 0 Å². The van der Waals surface area contributed by atoms with E-state index in [4.69, 9.17) is 9.47 Å². The third kappa shape index (κ3) is 26.0. The van der Waals surface area contributed by atoms with Gasteiger partial charge in [0, 0.05) is 26.4 Å². The summed E-state index contributed by atoms with van der Waals surface area (Å²) in [4.78, 5) is 23.1. The molecule has 3 fully saturated rings. The monoisotopic (exact) mass is 971 g/mol. The number of unbranched alkanes of at least 4 members (excludes halogenated alkanes) is 15. The largest absolute Gasteiger partial charge is 0.462 e. The standard InChI is InChI=1S/C39H67NO3.C18H38O.C4H11N.C2H6/c1-29(2)14-13-15-30(3)34-19-20-35-33-18-17-31-28-32(21-23-38(31,4)36(33)22-24-39(34,35)5)43-37(42)16-9-8-11-26-40-25-10-6-7-12-27-41;1-4-6-8-10-12-14-16-18(19-3)17-15-13-11-9-7-5-2;1-3-5-4-2;1-2/h17,27,29-30,32-36,40H,6-16,18-26,28H2,1-5H3;18H,4-17H2,1-3H3;5H,3-4H2,1-2H3;1-2H3. The van der Waals surface area contributed by atoms with Gasteiger partial charge >= 0.3 is 5.97 Å². The van der Waals surface area contributed by atoms with Gasteiger partial charge in [-0.05, 0) is 156 Å². The molecule has 0 spiro atoms. The first-order valence-electron chi connectivity index (χ1n) is 30.7. The lowest BCUT2D eigenvalue weighted by molar-refractivity contribution is -0.151. The first kappa shape index (κ1) is 65.8. The molecule has 4 rings (SSSR count). The molecular weight excluding hydrogens is 849 g/mol. The number of nitrogens with one attached hydrogen (secondary N) is 2. The summed E-state index contributed by atoms with van der Waals surface area (Å²) in [7, 11) is 1.89. The zero-order valence-corrected chi connectivity index (χ0v) is 48.6. The number of hydrogen-bond donors (Lipinski definition) is 2. The third-order valence-electron chi connectivity index (χ3n) is 17.6. The Kier molecular flexibility index (Phi) is 39.2. The normalized spacial score (nSPS) is 25.1. The lowest BCUT2D eigenvalue weighted by Crippen LogP contribution is -2.51. The Morgan fingerprint density at radius 3 is 1.84 bits per heavy atom. The van der Waals surface area contributed by atoms with Crippen LogP contribution in [0.1, 0.15) is 288 Å². The van der Waals surface area contributed by atoms with Crippen molar-refractivity contribution in [1.29, 1.82) is 0 Å². The third-order valence-corrected chi connectivity index (χ3v) is 17.6. The molecule has 0 amide bonds. The van der Waals surface area contributed by atoms with Gasteiger partial charge < -0.3 is 24.9 Å². The van der Waals surface area contributed by atoms with Gasteiger partial charge in [0.15, 0.2) is 0 Å². The van der Waals surface area contributed by atoms with Crippen molar-refractivity contribution in [1.82, 2.24) is 10.6 Å². The number of rotatable bonds is 35. The molecular formula is C63H122N2O4. The Hall–Kier alpha value is -1.24. The molecule has 0 aliphatic heterocycles. The molecule has 0 saturated heterocycles. The number of carbonyl (C=O) groups is 2. The average Bonchev–Trinajstić information content (AvgIpc) is 3.71. The van der Waals surface area contributed by atoms with Gasteiger partial charge in [-0.3, -0.25) is 4.79 Å². The van der Waals surface area contributed by atoms with E-state index >= 15 is 0 Å². The molecule has 69 heavy (non-hydrogen) atoms. The van der Waals surface area contributed by atoms with Crippen molar-refractivity contribution in [3.63, 3.8) is 0 Å². The fourth-order valence-corrected chi connectivity index (χ4v) is 13.4. The van der Waals surface area contributed by atoms with E-state index in [1.807, 2.05) is 21.0 Å². The minimum absolute atomic E-state index is 0.0129. The second-order valence-corrected chi connectivity index (χ2v) is 23.1. The lowest BCUT2D eigenvalue weighted by Gasteiger charge is -2.58. The summed E-state index contributed by atoms with van der Waals surface area (Å²) in [6.45, 7) is 29.6. The van der Waals surface area contributed by atoms with Gasteiger partial charge in [0.2, 0.25) is 0 Å². The van der Waals surface area contributed by atoms with Gasteiger partial charge in [0.05, 0.1) is 6.10 Å². The first-order chi connectivity index (χ1) is 33.4. The molecule has 0 aromatic rings. The molecule has 0 heterocycles. The zero-order valence-electron chi connectivity index (χ0n) is 48.6. The fourth-order valence-electron chi connectivity index (χ4n) is 13.4. The molecule has 4 aliphatic carbocycles. The van der Waals surface area contributed by atoms with Crippen molar-refractivity contribution in [2.45, 2.75) is 300 Å². The number of esters is 1. The van der Waals surface area contributed by atoms with Crippen LogP contribution in [0, 0.1) is 46.3 Å². The molecule has 408 valence electrons. The summed E-state index contributed by atoms with van der Waals surface area (Å²) in [5.41, 5.74) is 2.48. The average molecular weight is 972 g/mol. The van der Waals surface area contributed by atoms with Gasteiger partial charge in [-0.1, -0.05) is 197 Å². The summed E-state index contributed by atoms with van der Waals surface area (Å²) < 4.78 is 11.7. The highest BCUT2D eigenvalue weighted by Crippen LogP contribution is 2.67. The van der Waals surface area contributed by atoms with E-state index in [2.05, 4.69) is 79.0 Å². The topological polar surface area (TPSA) is 76.7 Å². The highest BCUT2D eigenvalue weighted by atomic mass is 16.5. The lowest BCUT2D eigenvalue weighted by atomic mass is 9.47. The molecule has 6 heteroatoms. The van der Waals surface area contributed by atoms with Crippen molar-refractivity contribution < 1.29 is 19.1 Å². The van der Waals surface area contributed by atoms with E-state index in [1.54, 1.807) is 5.57 Å². The molecule has 4 aliphatic rings. The van der Waals surface area contributed by atoms with E-state index in [0.29, 0.717) is 29.8 Å². The van der Waals surface area contributed by atoms with Crippen molar-refractivity contribution in [3.05, 3.63) is 11.6 Å². The Morgan fingerprint density at radius 2 is 1.28 bits per heavy atom. The number of carbonyl (C=O) groups excluding carboxylic acids is 2. The summed E-state index contributed by atoms with van der Waals surface area (Å²) >= 11 is 0. The zero-order chi connectivity index (χ0) is 51.2. The van der Waals surface area contributed by atoms with Crippen LogP contribution in [0.3, 0.4) is 0 Å². The van der Waals surface area contributed by atoms with Crippen LogP contribution < -0.4 is 10.6 Å². The molecule has 2 N–H and O–H groups in total. The fraction of sp³-hybridized carbons (Fsp3) is 0.937. The van der Waals surface area contributed by atoms with Crippen molar-refractivity contribution in [2.24, 2.45) is 46.3 Å². The Labute approximate surface area is 431 Å². The number of hydrogen-bond acceptors (Lipinski definition) is 6. The molecule has 8 unspecified atom stereocenters. The first-order valence-corrected chi connectivity index (χ1v) is 30.7. The summed E-state index contributed by atoms with van der Waals surface area (Å²) in [6, 6.07) is 0. The van der Waals surface area contributed by atoms with E-state index in [1.165, 1.54) is 148 Å². The Morgan fingerprint density at radius 1 is 0.681 bits per heavy atom. The van der Waals surface area contributed by atoms with Crippen LogP contribution in [-0.4, -0.2) is 57.8 Å². The molecule has 0 aromatic carbocycles. The SMILES string of the molecule is CC.CC(C)CCCC(C)C1CCC2C3CC=C4CC(OC(=O)CCCCCNCCCCCC=O)CCC4(C)C3CCC12C.CCCCCCCCC(CCCCCCCC)OC.CCNCC. The number of fused-ring (bicyclic) bond motifs is 5. The van der Waals surface area contributed by atoms with Crippen molar-refractivity contribution in [2.75, 3.05) is 33.3 Å². The summed E-state index contributed by atoms with van der Waals surface area (Å²) in [5.74, 6) is 5.21. The number of aldehydes is 1. The highest BCUT2D eigenvalue weighted by Gasteiger charge is 2.59. The second kappa shape index (κ2) is 41.1. The Bertz CT molecular complexity index is 1240. The summed E-state index contributed by atoms with van der Waals surface area (Å²) in [5, 5.41) is 6.60. The molecule has 6 nitrogen and oxygen atoms in total. The van der Waals surface area contributed by atoms with Crippen LogP contribution in [0.2, 0.25) is 0 Å². The van der Waals surface area contributed by atoms with Gasteiger partial charge in [-0.15, -0.1) is 0 Å². The minimum atomic E-state index is 0.0129. The van der Waals surface area contributed by atoms with Crippen LogP contribution in [0.25, 0.3) is 0 Å². The van der Waals surface area contributed by atoms with Crippen molar-refractivity contribution in [3.8, 4) is 0 Å². The molecule has 8 atom stereocenters. The number of ether oxygens (including phenoxy) is 2. The number of methoxy groups -OCH3 is 1. The maximum atomic E-state index is 12.7. The minimum Gasteiger partial charge on any atom is -0.462 e. The highest BCUT2D eigenvalue weighted by molar-refractivity contribution is 5.69. The smallest absolute Gasteiger partial charge is 0.306 e.